The summed E-state index contributed by atoms with van der Waals surface area (Å²) in [5.74, 6) is 0.116. The van der Waals surface area contributed by atoms with Gasteiger partial charge in [-0.3, -0.25) is 0 Å². The third-order valence-electron chi connectivity index (χ3n) is 3.02. The van der Waals surface area contributed by atoms with Gasteiger partial charge in [-0.1, -0.05) is 13.8 Å². The molecule has 0 bridgehead atoms. The molecule has 0 unspecified atom stereocenters. The molecule has 0 saturated carbocycles. The summed E-state index contributed by atoms with van der Waals surface area (Å²) in [5, 5.41) is 3.15. The number of nitrogens with one attached hydrogen (secondary N) is 1. The fourth-order valence-electron chi connectivity index (χ4n) is 1.90. The van der Waals surface area contributed by atoms with E-state index in [0.717, 1.165) is 19.2 Å². The number of hydrogen-bond donors (Lipinski definition) is 1. The van der Waals surface area contributed by atoms with E-state index in [-0.39, 0.29) is 24.3 Å². The highest BCUT2D eigenvalue weighted by Crippen LogP contribution is 2.30. The monoisotopic (exact) mass is 310 g/mol. The normalized spacial score (nSPS) is 16.2. The van der Waals surface area contributed by atoms with Crippen LogP contribution in [0.3, 0.4) is 0 Å². The van der Waals surface area contributed by atoms with Crippen LogP contribution in [0.15, 0.2) is 6.07 Å². The van der Waals surface area contributed by atoms with Crippen LogP contribution < -0.4 is 10.2 Å². The van der Waals surface area contributed by atoms with Crippen molar-refractivity contribution in [2.24, 2.45) is 0 Å². The number of rotatable bonds is 2. The second kappa shape index (κ2) is 6.58. The first-order valence-corrected chi connectivity index (χ1v) is 6.30. The van der Waals surface area contributed by atoms with Crippen LogP contribution in [0.5, 0.6) is 0 Å². The maximum atomic E-state index is 12.9. The largest absolute Gasteiger partial charge is 0.433 e. The van der Waals surface area contributed by atoms with Gasteiger partial charge in [0.15, 0.2) is 0 Å². The van der Waals surface area contributed by atoms with E-state index in [0.29, 0.717) is 18.8 Å². The van der Waals surface area contributed by atoms with E-state index in [9.17, 15) is 13.2 Å². The van der Waals surface area contributed by atoms with Crippen molar-refractivity contribution < 1.29 is 13.2 Å². The van der Waals surface area contributed by atoms with Gasteiger partial charge in [-0.2, -0.15) is 13.2 Å². The quantitative estimate of drug-likeness (QED) is 0.911. The number of anilines is 1. The summed E-state index contributed by atoms with van der Waals surface area (Å²) < 4.78 is 38.6. The minimum absolute atomic E-state index is 0. The molecule has 0 atom stereocenters. The number of hydrogen-bond acceptors (Lipinski definition) is 4. The van der Waals surface area contributed by atoms with Crippen LogP contribution in [0.2, 0.25) is 0 Å². The third-order valence-corrected chi connectivity index (χ3v) is 3.02. The molecule has 1 aliphatic rings. The second-order valence-electron chi connectivity index (χ2n) is 4.87. The van der Waals surface area contributed by atoms with Crippen LogP contribution in [-0.2, 0) is 6.18 Å². The lowest BCUT2D eigenvalue weighted by molar-refractivity contribution is -0.141. The Morgan fingerprint density at radius 1 is 1.20 bits per heavy atom. The molecule has 0 aromatic carbocycles. The smallest absolute Gasteiger partial charge is 0.338 e. The summed E-state index contributed by atoms with van der Waals surface area (Å²) >= 11 is 0. The van der Waals surface area contributed by atoms with Crippen molar-refractivity contribution in [3.8, 4) is 0 Å². The van der Waals surface area contributed by atoms with Crippen molar-refractivity contribution in [3.05, 3.63) is 17.5 Å². The molecule has 0 amide bonds. The molecule has 1 N–H and O–H groups in total. The van der Waals surface area contributed by atoms with Crippen LogP contribution in [0.4, 0.5) is 19.1 Å². The molecule has 2 heterocycles. The molecule has 1 aromatic rings. The van der Waals surface area contributed by atoms with Gasteiger partial charge in [-0.05, 0) is 12.0 Å². The first-order valence-electron chi connectivity index (χ1n) is 6.30. The molecule has 2 rings (SSSR count). The van der Waals surface area contributed by atoms with Gasteiger partial charge in [0.25, 0.3) is 0 Å². The topological polar surface area (TPSA) is 41.1 Å². The van der Waals surface area contributed by atoms with Crippen molar-refractivity contribution in [3.63, 3.8) is 0 Å². The van der Waals surface area contributed by atoms with E-state index in [2.05, 4.69) is 15.3 Å². The summed E-state index contributed by atoms with van der Waals surface area (Å²) in [7, 11) is 0. The fourth-order valence-corrected chi connectivity index (χ4v) is 1.90. The number of aromatic nitrogens is 2. The van der Waals surface area contributed by atoms with Crippen LogP contribution in [-0.4, -0.2) is 36.1 Å². The van der Waals surface area contributed by atoms with E-state index in [4.69, 9.17) is 0 Å². The molecule has 1 saturated heterocycles. The summed E-state index contributed by atoms with van der Waals surface area (Å²) in [5.41, 5.74) is -0.435. The molecule has 1 fully saturated rings. The average Bonchev–Trinajstić information content (AvgIpc) is 2.38. The van der Waals surface area contributed by atoms with Crippen molar-refractivity contribution in [2.45, 2.75) is 25.9 Å². The van der Waals surface area contributed by atoms with Crippen LogP contribution in [0.1, 0.15) is 31.2 Å². The number of piperazine rings is 1. The summed E-state index contributed by atoms with van der Waals surface area (Å²) in [4.78, 5) is 9.72. The van der Waals surface area contributed by atoms with Gasteiger partial charge >= 0.3 is 6.18 Å². The maximum absolute atomic E-state index is 12.9. The standard InChI is InChI=1S/C12H17F3N4.ClH/c1-8(2)9-7-10(12(13,14)15)18-11(17-9)19-5-3-16-4-6-19;/h7-8,16H,3-6H2,1-2H3;1H. The molecule has 1 aliphatic heterocycles. The summed E-state index contributed by atoms with van der Waals surface area (Å²) in [6.45, 7) is 6.36. The lowest BCUT2D eigenvalue weighted by Crippen LogP contribution is -2.44. The molecule has 0 spiro atoms. The zero-order valence-corrected chi connectivity index (χ0v) is 12.2. The van der Waals surface area contributed by atoms with Crippen molar-refractivity contribution >= 4 is 18.4 Å². The number of nitrogens with zero attached hydrogens (tertiary/aromatic N) is 3. The van der Waals surface area contributed by atoms with Gasteiger partial charge in [0.2, 0.25) is 5.95 Å². The van der Waals surface area contributed by atoms with E-state index in [1.165, 1.54) is 0 Å². The third kappa shape index (κ3) is 3.96. The Morgan fingerprint density at radius 3 is 2.30 bits per heavy atom. The highest BCUT2D eigenvalue weighted by molar-refractivity contribution is 5.85. The SMILES string of the molecule is CC(C)c1cc(C(F)(F)F)nc(N2CCNCC2)n1.Cl. The van der Waals surface area contributed by atoms with Crippen molar-refractivity contribution in [1.82, 2.24) is 15.3 Å². The number of alkyl halides is 3. The lowest BCUT2D eigenvalue weighted by Gasteiger charge is -2.28. The highest BCUT2D eigenvalue weighted by Gasteiger charge is 2.34. The Bertz CT molecular complexity index is 445. The lowest BCUT2D eigenvalue weighted by atomic mass is 10.1. The van der Waals surface area contributed by atoms with Gasteiger partial charge in [0.1, 0.15) is 5.69 Å². The van der Waals surface area contributed by atoms with E-state index >= 15 is 0 Å². The van der Waals surface area contributed by atoms with Gasteiger partial charge in [0, 0.05) is 31.9 Å². The molecule has 8 heteroatoms. The van der Waals surface area contributed by atoms with Crippen molar-refractivity contribution in [1.29, 1.82) is 0 Å². The number of halogens is 4. The molecule has 0 radical (unpaired) electrons. The zero-order chi connectivity index (χ0) is 14.0. The Hall–Kier alpha value is -1.08. The molecule has 0 aliphatic carbocycles. The van der Waals surface area contributed by atoms with Gasteiger partial charge in [-0.25, -0.2) is 9.97 Å². The highest BCUT2D eigenvalue weighted by atomic mass is 35.5. The molecular formula is C12H18ClF3N4. The van der Waals surface area contributed by atoms with Crippen LogP contribution >= 0.6 is 12.4 Å². The first kappa shape index (κ1) is 17.0. The minimum atomic E-state index is -4.44. The zero-order valence-electron chi connectivity index (χ0n) is 11.4. The summed E-state index contributed by atoms with van der Waals surface area (Å²) in [6, 6.07) is 1.04. The van der Waals surface area contributed by atoms with Crippen LogP contribution in [0, 0.1) is 0 Å². The Kier molecular flexibility index (Phi) is 5.59. The minimum Gasteiger partial charge on any atom is -0.338 e. The van der Waals surface area contributed by atoms with E-state index < -0.39 is 11.9 Å². The molecule has 1 aromatic heterocycles. The average molecular weight is 311 g/mol. The van der Waals surface area contributed by atoms with Gasteiger partial charge in [-0.15, -0.1) is 12.4 Å². The predicted octanol–water partition coefficient (Wildman–Crippen LogP) is 2.45. The molecule has 114 valence electrons. The van der Waals surface area contributed by atoms with Gasteiger partial charge < -0.3 is 10.2 Å². The maximum Gasteiger partial charge on any atom is 0.433 e. The van der Waals surface area contributed by atoms with Gasteiger partial charge in [0.05, 0.1) is 0 Å². The molecule has 20 heavy (non-hydrogen) atoms. The molecular weight excluding hydrogens is 293 g/mol. The Labute approximate surface area is 122 Å². The second-order valence-corrected chi connectivity index (χ2v) is 4.87. The van der Waals surface area contributed by atoms with E-state index in [1.54, 1.807) is 4.90 Å². The van der Waals surface area contributed by atoms with Crippen LogP contribution in [0.25, 0.3) is 0 Å². The fraction of sp³-hybridized carbons (Fsp3) is 0.667. The Balaban J connectivity index is 0.00000200. The summed E-state index contributed by atoms with van der Waals surface area (Å²) in [6.07, 6.45) is -4.44. The molecule has 4 nitrogen and oxygen atoms in total. The first-order chi connectivity index (χ1) is 8.88. The Morgan fingerprint density at radius 2 is 1.80 bits per heavy atom. The predicted molar refractivity (Wildman–Crippen MR) is 73.5 cm³/mol. The van der Waals surface area contributed by atoms with E-state index in [1.807, 2.05) is 13.8 Å². The van der Waals surface area contributed by atoms with Crippen molar-refractivity contribution in [2.75, 3.05) is 31.1 Å².